The van der Waals surface area contributed by atoms with E-state index in [4.69, 9.17) is 4.84 Å². The van der Waals surface area contributed by atoms with Crippen molar-refractivity contribution < 1.29 is 18.0 Å². The molecule has 0 fully saturated rings. The van der Waals surface area contributed by atoms with Gasteiger partial charge < -0.3 is 5.32 Å². The van der Waals surface area contributed by atoms with E-state index in [1.165, 1.54) is 44.0 Å². The highest BCUT2D eigenvalue weighted by Crippen LogP contribution is 2.19. The highest BCUT2D eigenvalue weighted by atomic mass is 32.2. The third-order valence-electron chi connectivity index (χ3n) is 3.85. The van der Waals surface area contributed by atoms with Gasteiger partial charge in [-0.3, -0.25) is 9.63 Å². The van der Waals surface area contributed by atoms with Crippen LogP contribution in [0.5, 0.6) is 0 Å². The zero-order chi connectivity index (χ0) is 18.6. The SMILES string of the molecule is CON(C)S(=O)(=O)c1ccc(C(=O)Nc2ccc(C(C)C)cc2)cc1. The highest BCUT2D eigenvalue weighted by molar-refractivity contribution is 7.89. The molecule has 0 unspecified atom stereocenters. The number of rotatable bonds is 6. The fraction of sp³-hybridized carbons (Fsp3) is 0.278. The lowest BCUT2D eigenvalue weighted by Gasteiger charge is -2.14. The Morgan fingerprint density at radius 1 is 1.04 bits per heavy atom. The summed E-state index contributed by atoms with van der Waals surface area (Å²) in [5.74, 6) is 0.116. The van der Waals surface area contributed by atoms with Crippen LogP contribution >= 0.6 is 0 Å². The van der Waals surface area contributed by atoms with Gasteiger partial charge in [0, 0.05) is 18.3 Å². The zero-order valence-corrected chi connectivity index (χ0v) is 15.5. The third-order valence-corrected chi connectivity index (χ3v) is 5.54. The van der Waals surface area contributed by atoms with Gasteiger partial charge >= 0.3 is 0 Å². The van der Waals surface area contributed by atoms with Crippen LogP contribution in [0.1, 0.15) is 35.7 Å². The first-order valence-electron chi connectivity index (χ1n) is 7.80. The molecule has 0 saturated carbocycles. The van der Waals surface area contributed by atoms with E-state index in [-0.39, 0.29) is 10.8 Å². The van der Waals surface area contributed by atoms with E-state index >= 15 is 0 Å². The monoisotopic (exact) mass is 362 g/mol. The van der Waals surface area contributed by atoms with E-state index < -0.39 is 10.0 Å². The summed E-state index contributed by atoms with van der Waals surface area (Å²) < 4.78 is 25.0. The topological polar surface area (TPSA) is 75.7 Å². The summed E-state index contributed by atoms with van der Waals surface area (Å²) in [5, 5.41) is 2.79. The van der Waals surface area contributed by atoms with Crippen LogP contribution in [-0.2, 0) is 14.9 Å². The maximum Gasteiger partial charge on any atom is 0.264 e. The number of anilines is 1. The Balaban J connectivity index is 2.13. The summed E-state index contributed by atoms with van der Waals surface area (Å²) in [5.41, 5.74) is 2.24. The van der Waals surface area contributed by atoms with E-state index in [2.05, 4.69) is 19.2 Å². The van der Waals surface area contributed by atoms with Gasteiger partial charge in [-0.25, -0.2) is 8.42 Å². The molecule has 0 spiro atoms. The lowest BCUT2D eigenvalue weighted by Crippen LogP contribution is -2.25. The average Bonchev–Trinajstić information content (AvgIpc) is 2.61. The Hall–Kier alpha value is -2.22. The first kappa shape index (κ1) is 19.1. The number of benzene rings is 2. The van der Waals surface area contributed by atoms with Crippen LogP contribution in [0.2, 0.25) is 0 Å². The van der Waals surface area contributed by atoms with Gasteiger partial charge in [0.1, 0.15) is 0 Å². The molecule has 1 amide bonds. The standard InChI is InChI=1S/C18H22N2O4S/c1-13(2)14-5-9-16(10-6-14)19-18(21)15-7-11-17(12-8-15)25(22,23)20(3)24-4/h5-13H,1-4H3,(H,19,21). The quantitative estimate of drug-likeness (QED) is 0.801. The predicted molar refractivity (Wildman–Crippen MR) is 96.9 cm³/mol. The second-order valence-corrected chi connectivity index (χ2v) is 7.79. The van der Waals surface area contributed by atoms with Crippen LogP contribution in [-0.4, -0.2) is 33.0 Å². The van der Waals surface area contributed by atoms with E-state index in [1.54, 1.807) is 0 Å². The molecule has 2 rings (SSSR count). The van der Waals surface area contributed by atoms with Crippen molar-refractivity contribution in [2.45, 2.75) is 24.7 Å². The van der Waals surface area contributed by atoms with E-state index in [9.17, 15) is 13.2 Å². The van der Waals surface area contributed by atoms with E-state index in [0.717, 1.165) is 4.47 Å². The van der Waals surface area contributed by atoms with Gasteiger partial charge in [-0.15, -0.1) is 0 Å². The summed E-state index contributed by atoms with van der Waals surface area (Å²) in [6.07, 6.45) is 0. The summed E-state index contributed by atoms with van der Waals surface area (Å²) in [6, 6.07) is 13.3. The van der Waals surface area contributed by atoms with Gasteiger partial charge in [0.25, 0.3) is 15.9 Å². The molecule has 0 saturated heterocycles. The number of nitrogens with one attached hydrogen (secondary N) is 1. The first-order chi connectivity index (χ1) is 11.8. The number of nitrogens with zero attached hydrogens (tertiary/aromatic N) is 1. The van der Waals surface area contributed by atoms with Crippen molar-refractivity contribution in [3.63, 3.8) is 0 Å². The largest absolute Gasteiger partial charge is 0.322 e. The zero-order valence-electron chi connectivity index (χ0n) is 14.7. The average molecular weight is 362 g/mol. The minimum atomic E-state index is -3.72. The van der Waals surface area contributed by atoms with Gasteiger partial charge in [0.05, 0.1) is 12.0 Å². The van der Waals surface area contributed by atoms with Crippen molar-refractivity contribution >= 4 is 21.6 Å². The lowest BCUT2D eigenvalue weighted by atomic mass is 10.0. The number of carbonyl (C=O) groups is 1. The number of amides is 1. The fourth-order valence-corrected chi connectivity index (χ4v) is 3.15. The summed E-state index contributed by atoms with van der Waals surface area (Å²) in [6.45, 7) is 4.20. The molecule has 0 aromatic heterocycles. The molecule has 0 radical (unpaired) electrons. The predicted octanol–water partition coefficient (Wildman–Crippen LogP) is 3.24. The number of hydrogen-bond donors (Lipinski definition) is 1. The van der Waals surface area contributed by atoms with Crippen LogP contribution < -0.4 is 5.32 Å². The molecule has 0 heterocycles. The third kappa shape index (κ3) is 4.45. The molecule has 0 atom stereocenters. The number of hydrogen-bond acceptors (Lipinski definition) is 4. The van der Waals surface area contributed by atoms with Crippen molar-refractivity contribution in [3.05, 3.63) is 59.7 Å². The van der Waals surface area contributed by atoms with Crippen molar-refractivity contribution in [3.8, 4) is 0 Å². The summed E-state index contributed by atoms with van der Waals surface area (Å²) in [7, 11) is -1.15. The van der Waals surface area contributed by atoms with Gasteiger partial charge in [-0.1, -0.05) is 30.4 Å². The van der Waals surface area contributed by atoms with Gasteiger partial charge in [-0.2, -0.15) is 0 Å². The van der Waals surface area contributed by atoms with Crippen LogP contribution in [0.25, 0.3) is 0 Å². The molecule has 7 heteroatoms. The number of hydroxylamine groups is 1. The smallest absolute Gasteiger partial charge is 0.264 e. The minimum Gasteiger partial charge on any atom is -0.322 e. The van der Waals surface area contributed by atoms with E-state index in [1.807, 2.05) is 24.3 Å². The maximum absolute atomic E-state index is 12.3. The molecule has 2 aromatic rings. The Labute approximate surface area is 148 Å². The second kappa shape index (κ2) is 7.77. The molecule has 0 bridgehead atoms. The van der Waals surface area contributed by atoms with Crippen LogP contribution in [0.15, 0.2) is 53.4 Å². The first-order valence-corrected chi connectivity index (χ1v) is 9.24. The van der Waals surface area contributed by atoms with Crippen molar-refractivity contribution in [1.29, 1.82) is 0 Å². The molecule has 6 nitrogen and oxygen atoms in total. The Bertz CT molecular complexity index is 828. The summed E-state index contributed by atoms with van der Waals surface area (Å²) in [4.78, 5) is 17.1. The van der Waals surface area contributed by atoms with Crippen LogP contribution in [0.3, 0.4) is 0 Å². The molecule has 2 aromatic carbocycles. The normalized spacial score (nSPS) is 11.8. The Morgan fingerprint density at radius 2 is 1.60 bits per heavy atom. The lowest BCUT2D eigenvalue weighted by molar-refractivity contribution is -0.0258. The molecular formula is C18H22N2O4S. The molecule has 0 aliphatic carbocycles. The van der Waals surface area contributed by atoms with Gasteiger partial charge in [0.2, 0.25) is 0 Å². The van der Waals surface area contributed by atoms with Crippen molar-refractivity contribution in [1.82, 2.24) is 4.47 Å². The molecule has 25 heavy (non-hydrogen) atoms. The Morgan fingerprint density at radius 3 is 2.08 bits per heavy atom. The minimum absolute atomic E-state index is 0.0506. The molecule has 134 valence electrons. The van der Waals surface area contributed by atoms with Crippen LogP contribution in [0, 0.1) is 0 Å². The fourth-order valence-electron chi connectivity index (χ4n) is 2.18. The summed E-state index contributed by atoms with van der Waals surface area (Å²) >= 11 is 0. The van der Waals surface area contributed by atoms with E-state index in [0.29, 0.717) is 17.2 Å². The van der Waals surface area contributed by atoms with Crippen molar-refractivity contribution in [2.24, 2.45) is 0 Å². The number of sulfonamides is 1. The molecule has 0 aliphatic heterocycles. The maximum atomic E-state index is 12.3. The Kier molecular flexibility index (Phi) is 5.94. The van der Waals surface area contributed by atoms with Gasteiger partial charge in [-0.05, 0) is 47.9 Å². The molecule has 0 aliphatic rings. The van der Waals surface area contributed by atoms with Gasteiger partial charge in [0.15, 0.2) is 0 Å². The highest BCUT2D eigenvalue weighted by Gasteiger charge is 2.21. The number of carbonyl (C=O) groups excluding carboxylic acids is 1. The molecule has 1 N–H and O–H groups in total. The van der Waals surface area contributed by atoms with Crippen LogP contribution in [0.4, 0.5) is 5.69 Å². The molecular weight excluding hydrogens is 340 g/mol. The second-order valence-electron chi connectivity index (χ2n) is 5.85. The van der Waals surface area contributed by atoms with Crippen molar-refractivity contribution in [2.75, 3.05) is 19.5 Å².